The molecule has 0 aliphatic heterocycles. The Morgan fingerprint density at radius 3 is 2.33 bits per heavy atom. The van der Waals surface area contributed by atoms with Crippen molar-refractivity contribution in [2.75, 3.05) is 25.9 Å². The van der Waals surface area contributed by atoms with Gasteiger partial charge in [0.2, 0.25) is 5.91 Å². The fraction of sp³-hybridized carbons (Fsp3) is 0.500. The summed E-state index contributed by atoms with van der Waals surface area (Å²) in [5.41, 5.74) is 12.9. The summed E-state index contributed by atoms with van der Waals surface area (Å²) >= 11 is 0. The molecule has 4 nitrogen and oxygen atoms in total. The second-order valence-corrected chi connectivity index (χ2v) is 5.54. The van der Waals surface area contributed by atoms with Gasteiger partial charge in [-0.05, 0) is 29.7 Å². The molecular formula is C14H23N3O. The third-order valence-electron chi connectivity index (χ3n) is 2.98. The molecule has 0 aliphatic carbocycles. The molecule has 18 heavy (non-hydrogen) atoms. The molecule has 0 saturated heterocycles. The first kappa shape index (κ1) is 14.5. The summed E-state index contributed by atoms with van der Waals surface area (Å²) in [4.78, 5) is 13.8. The molecule has 0 atom stereocenters. The maximum absolute atomic E-state index is 12.0. The van der Waals surface area contributed by atoms with E-state index in [1.54, 1.807) is 4.90 Å². The van der Waals surface area contributed by atoms with Crippen molar-refractivity contribution in [3.05, 3.63) is 29.8 Å². The Balaban J connectivity index is 2.57. The zero-order chi connectivity index (χ0) is 13.8. The van der Waals surface area contributed by atoms with Crippen LogP contribution in [-0.2, 0) is 11.2 Å². The first-order valence-electron chi connectivity index (χ1n) is 6.12. The summed E-state index contributed by atoms with van der Waals surface area (Å²) in [5.74, 6) is 0.0984. The van der Waals surface area contributed by atoms with Crippen LogP contribution in [0.5, 0.6) is 0 Å². The van der Waals surface area contributed by atoms with E-state index < -0.39 is 0 Å². The summed E-state index contributed by atoms with van der Waals surface area (Å²) in [5, 5.41) is 0. The van der Waals surface area contributed by atoms with Gasteiger partial charge in [-0.25, -0.2) is 0 Å². The third kappa shape index (κ3) is 4.37. The van der Waals surface area contributed by atoms with E-state index in [0.717, 1.165) is 5.56 Å². The van der Waals surface area contributed by atoms with Crippen LogP contribution in [0.2, 0.25) is 0 Å². The molecule has 4 heteroatoms. The normalized spacial score (nSPS) is 11.3. The van der Waals surface area contributed by atoms with Gasteiger partial charge in [0, 0.05) is 19.3 Å². The maximum atomic E-state index is 12.0. The molecule has 0 aliphatic rings. The van der Waals surface area contributed by atoms with Crippen molar-refractivity contribution in [2.45, 2.75) is 20.3 Å². The third-order valence-corrected chi connectivity index (χ3v) is 2.98. The molecule has 1 amide bonds. The number of hydrogen-bond acceptors (Lipinski definition) is 3. The van der Waals surface area contributed by atoms with Crippen LogP contribution >= 0.6 is 0 Å². The average molecular weight is 249 g/mol. The van der Waals surface area contributed by atoms with Crippen LogP contribution in [0.1, 0.15) is 19.4 Å². The van der Waals surface area contributed by atoms with Crippen LogP contribution < -0.4 is 11.5 Å². The van der Waals surface area contributed by atoms with E-state index in [4.69, 9.17) is 11.5 Å². The molecule has 1 aromatic carbocycles. The van der Waals surface area contributed by atoms with E-state index in [0.29, 0.717) is 25.2 Å². The number of anilines is 1. The highest BCUT2D eigenvalue weighted by molar-refractivity contribution is 5.78. The van der Waals surface area contributed by atoms with Crippen molar-refractivity contribution < 1.29 is 4.79 Å². The van der Waals surface area contributed by atoms with E-state index in [1.165, 1.54) is 0 Å². The number of amides is 1. The first-order chi connectivity index (χ1) is 8.34. The van der Waals surface area contributed by atoms with Gasteiger partial charge in [0.05, 0.1) is 6.42 Å². The minimum Gasteiger partial charge on any atom is -0.399 e. The van der Waals surface area contributed by atoms with Gasteiger partial charge in [-0.2, -0.15) is 0 Å². The van der Waals surface area contributed by atoms with Gasteiger partial charge in [0.15, 0.2) is 0 Å². The van der Waals surface area contributed by atoms with Crippen molar-refractivity contribution in [3.63, 3.8) is 0 Å². The zero-order valence-corrected chi connectivity index (χ0v) is 11.4. The zero-order valence-electron chi connectivity index (χ0n) is 11.4. The summed E-state index contributed by atoms with van der Waals surface area (Å²) in [6.45, 7) is 5.34. The van der Waals surface area contributed by atoms with Crippen molar-refractivity contribution in [1.29, 1.82) is 0 Å². The van der Waals surface area contributed by atoms with Crippen LogP contribution in [0, 0.1) is 5.41 Å². The predicted molar refractivity (Wildman–Crippen MR) is 75.0 cm³/mol. The van der Waals surface area contributed by atoms with Crippen molar-refractivity contribution in [1.82, 2.24) is 4.90 Å². The van der Waals surface area contributed by atoms with Crippen molar-refractivity contribution >= 4 is 11.6 Å². The second-order valence-electron chi connectivity index (χ2n) is 5.54. The fourth-order valence-corrected chi connectivity index (χ4v) is 1.74. The Hall–Kier alpha value is -1.55. The van der Waals surface area contributed by atoms with Gasteiger partial charge in [0.25, 0.3) is 0 Å². The van der Waals surface area contributed by atoms with E-state index in [9.17, 15) is 4.79 Å². The number of benzene rings is 1. The number of likely N-dealkylation sites (N-methyl/N-ethyl adjacent to an activating group) is 1. The second kappa shape index (κ2) is 5.87. The number of carbonyl (C=O) groups is 1. The van der Waals surface area contributed by atoms with Gasteiger partial charge in [-0.15, -0.1) is 0 Å². The molecule has 1 aromatic rings. The lowest BCUT2D eigenvalue weighted by atomic mass is 9.93. The predicted octanol–water partition coefficient (Wildman–Crippen LogP) is 1.25. The van der Waals surface area contributed by atoms with Crippen LogP contribution in [0.15, 0.2) is 24.3 Å². The smallest absolute Gasteiger partial charge is 0.226 e. The SMILES string of the molecule is CN(CC(C)(C)CN)C(=O)Cc1ccc(N)cc1. The van der Waals surface area contributed by atoms with Crippen LogP contribution in [0.4, 0.5) is 5.69 Å². The van der Waals surface area contributed by atoms with Crippen LogP contribution in [0.25, 0.3) is 0 Å². The topological polar surface area (TPSA) is 72.3 Å². The van der Waals surface area contributed by atoms with Gasteiger partial charge in [0.1, 0.15) is 0 Å². The summed E-state index contributed by atoms with van der Waals surface area (Å²) in [6, 6.07) is 7.39. The van der Waals surface area contributed by atoms with Gasteiger partial charge >= 0.3 is 0 Å². The van der Waals surface area contributed by atoms with Gasteiger partial charge in [-0.3, -0.25) is 4.79 Å². The monoisotopic (exact) mass is 249 g/mol. The molecule has 0 saturated carbocycles. The van der Waals surface area contributed by atoms with Crippen LogP contribution in [0.3, 0.4) is 0 Å². The quantitative estimate of drug-likeness (QED) is 0.772. The van der Waals surface area contributed by atoms with Gasteiger partial charge < -0.3 is 16.4 Å². The Morgan fingerprint density at radius 2 is 1.83 bits per heavy atom. The molecule has 100 valence electrons. The van der Waals surface area contributed by atoms with E-state index in [2.05, 4.69) is 13.8 Å². The van der Waals surface area contributed by atoms with E-state index in [-0.39, 0.29) is 11.3 Å². The Labute approximate surface area is 109 Å². The number of nitrogens with zero attached hydrogens (tertiary/aromatic N) is 1. The molecule has 0 bridgehead atoms. The minimum atomic E-state index is -0.0501. The highest BCUT2D eigenvalue weighted by Crippen LogP contribution is 2.15. The maximum Gasteiger partial charge on any atom is 0.226 e. The number of rotatable bonds is 5. The molecular weight excluding hydrogens is 226 g/mol. The number of carbonyl (C=O) groups excluding carboxylic acids is 1. The molecule has 0 spiro atoms. The highest BCUT2D eigenvalue weighted by Gasteiger charge is 2.21. The van der Waals surface area contributed by atoms with Crippen molar-refractivity contribution in [2.24, 2.45) is 11.1 Å². The molecule has 4 N–H and O–H groups in total. The molecule has 0 fully saturated rings. The number of nitrogens with two attached hydrogens (primary N) is 2. The first-order valence-corrected chi connectivity index (χ1v) is 6.12. The lowest BCUT2D eigenvalue weighted by Crippen LogP contribution is -2.40. The van der Waals surface area contributed by atoms with E-state index in [1.807, 2.05) is 31.3 Å². The Bertz CT molecular complexity index is 398. The molecule has 1 rings (SSSR count). The molecule has 0 heterocycles. The largest absolute Gasteiger partial charge is 0.399 e. The van der Waals surface area contributed by atoms with E-state index >= 15 is 0 Å². The number of hydrogen-bond donors (Lipinski definition) is 2. The lowest BCUT2D eigenvalue weighted by molar-refractivity contribution is -0.130. The Kier molecular flexibility index (Phi) is 4.73. The standard InChI is InChI=1S/C14H23N3O/c1-14(2,9-15)10-17(3)13(18)8-11-4-6-12(16)7-5-11/h4-7H,8-10,15-16H2,1-3H3. The number of nitrogen functional groups attached to an aromatic ring is 1. The lowest BCUT2D eigenvalue weighted by Gasteiger charge is -2.29. The highest BCUT2D eigenvalue weighted by atomic mass is 16.2. The average Bonchev–Trinajstić information content (AvgIpc) is 2.31. The van der Waals surface area contributed by atoms with Crippen LogP contribution in [-0.4, -0.2) is 30.9 Å². The Morgan fingerprint density at radius 1 is 1.28 bits per heavy atom. The molecule has 0 radical (unpaired) electrons. The van der Waals surface area contributed by atoms with Crippen molar-refractivity contribution in [3.8, 4) is 0 Å². The fourth-order valence-electron chi connectivity index (χ4n) is 1.74. The minimum absolute atomic E-state index is 0.0501. The molecule has 0 unspecified atom stereocenters. The molecule has 0 aromatic heterocycles. The summed E-state index contributed by atoms with van der Waals surface area (Å²) in [6.07, 6.45) is 0.400. The van der Waals surface area contributed by atoms with Gasteiger partial charge in [-0.1, -0.05) is 26.0 Å². The summed E-state index contributed by atoms with van der Waals surface area (Å²) in [7, 11) is 1.82. The summed E-state index contributed by atoms with van der Waals surface area (Å²) < 4.78 is 0.